The smallest absolute Gasteiger partial charge is 0.0351 e. The highest BCUT2D eigenvalue weighted by Gasteiger charge is 1.87. The first kappa shape index (κ1) is 16.5. The maximum atomic E-state index is 3.79. The summed E-state index contributed by atoms with van der Waals surface area (Å²) >= 11 is 0. The van der Waals surface area contributed by atoms with Gasteiger partial charge in [-0.05, 0) is 51.9 Å². The molecule has 0 unspecified atom stereocenters. The molecule has 0 atom stereocenters. The van der Waals surface area contributed by atoms with Crippen LogP contribution in [0.15, 0.2) is 24.3 Å². The quantitative estimate of drug-likeness (QED) is 0.277. The van der Waals surface area contributed by atoms with Crippen LogP contribution < -0.4 is 0 Å². The summed E-state index contributed by atoms with van der Waals surface area (Å²) in [5.74, 6) is 0. The van der Waals surface area contributed by atoms with Crippen LogP contribution in [0.2, 0.25) is 0 Å². The standard InChI is InChI=1S/C17H31/c1-3-5-7-9-11-13-15-17-16-14-12-10-8-6-4-2/h5,7,12,14H,1,3-4,6,8-11,13,15-17H2,2H3/b7-5+,14-12+. The molecular weight excluding hydrogens is 204 g/mol. The lowest BCUT2D eigenvalue weighted by molar-refractivity contribution is 0.651. The Hall–Kier alpha value is -0.520. The maximum absolute atomic E-state index is 3.79. The van der Waals surface area contributed by atoms with Crippen molar-refractivity contribution in [3.05, 3.63) is 31.2 Å². The fourth-order valence-corrected chi connectivity index (χ4v) is 1.86. The van der Waals surface area contributed by atoms with Crippen molar-refractivity contribution in [3.63, 3.8) is 0 Å². The van der Waals surface area contributed by atoms with Gasteiger partial charge in [-0.3, -0.25) is 0 Å². The summed E-state index contributed by atoms with van der Waals surface area (Å²) in [6.45, 7) is 6.05. The Morgan fingerprint density at radius 3 is 1.59 bits per heavy atom. The first-order valence-corrected chi connectivity index (χ1v) is 7.51. The van der Waals surface area contributed by atoms with Crippen molar-refractivity contribution >= 4 is 0 Å². The lowest BCUT2D eigenvalue weighted by atomic mass is 10.1. The van der Waals surface area contributed by atoms with Crippen LogP contribution in [-0.2, 0) is 0 Å². The first-order valence-electron chi connectivity index (χ1n) is 7.51. The molecule has 0 aliphatic rings. The van der Waals surface area contributed by atoms with Gasteiger partial charge in [-0.25, -0.2) is 0 Å². The summed E-state index contributed by atoms with van der Waals surface area (Å²) in [6, 6.07) is 0. The van der Waals surface area contributed by atoms with Gasteiger partial charge in [0.1, 0.15) is 0 Å². The van der Waals surface area contributed by atoms with E-state index in [4.69, 9.17) is 0 Å². The molecule has 0 aliphatic carbocycles. The van der Waals surface area contributed by atoms with E-state index in [0.717, 1.165) is 6.42 Å². The molecule has 0 spiro atoms. The zero-order valence-corrected chi connectivity index (χ0v) is 11.8. The van der Waals surface area contributed by atoms with Crippen molar-refractivity contribution in [2.24, 2.45) is 0 Å². The van der Waals surface area contributed by atoms with Crippen LogP contribution in [0, 0.1) is 6.92 Å². The van der Waals surface area contributed by atoms with Crippen LogP contribution >= 0.6 is 0 Å². The van der Waals surface area contributed by atoms with Gasteiger partial charge in [0.2, 0.25) is 0 Å². The Kier molecular flexibility index (Phi) is 15.0. The van der Waals surface area contributed by atoms with Gasteiger partial charge in [0.05, 0.1) is 0 Å². The van der Waals surface area contributed by atoms with Crippen LogP contribution in [0.25, 0.3) is 0 Å². The van der Waals surface area contributed by atoms with E-state index >= 15 is 0 Å². The van der Waals surface area contributed by atoms with Crippen molar-refractivity contribution in [1.29, 1.82) is 0 Å². The minimum absolute atomic E-state index is 0.933. The second kappa shape index (κ2) is 15.5. The average Bonchev–Trinajstić information content (AvgIpc) is 2.35. The highest BCUT2D eigenvalue weighted by molar-refractivity contribution is 4.82. The number of unbranched alkanes of at least 4 members (excludes halogenated alkanes) is 8. The highest BCUT2D eigenvalue weighted by atomic mass is 13.9. The number of hydrogen-bond acceptors (Lipinski definition) is 0. The number of hydrogen-bond donors (Lipinski definition) is 0. The van der Waals surface area contributed by atoms with Crippen molar-refractivity contribution in [1.82, 2.24) is 0 Å². The molecule has 0 N–H and O–H groups in total. The van der Waals surface area contributed by atoms with E-state index in [1.807, 2.05) is 0 Å². The predicted molar refractivity (Wildman–Crippen MR) is 80.1 cm³/mol. The summed E-state index contributed by atoms with van der Waals surface area (Å²) in [4.78, 5) is 0. The summed E-state index contributed by atoms with van der Waals surface area (Å²) in [6.07, 6.45) is 23.5. The van der Waals surface area contributed by atoms with E-state index in [1.165, 1.54) is 64.2 Å². The minimum Gasteiger partial charge on any atom is -0.0885 e. The molecule has 17 heavy (non-hydrogen) atoms. The Bertz CT molecular complexity index is 176. The van der Waals surface area contributed by atoms with Gasteiger partial charge < -0.3 is 0 Å². The minimum atomic E-state index is 0.933. The van der Waals surface area contributed by atoms with Crippen LogP contribution in [0.3, 0.4) is 0 Å². The third kappa shape index (κ3) is 15.5. The SMILES string of the molecule is [CH2]C/C=C/CCCCCC/C=C/CCCCC. The van der Waals surface area contributed by atoms with Crippen molar-refractivity contribution in [2.45, 2.75) is 77.6 Å². The molecule has 0 saturated heterocycles. The van der Waals surface area contributed by atoms with Gasteiger partial charge in [-0.2, -0.15) is 0 Å². The summed E-state index contributed by atoms with van der Waals surface area (Å²) < 4.78 is 0. The second-order valence-electron chi connectivity index (χ2n) is 4.72. The van der Waals surface area contributed by atoms with Crippen LogP contribution in [0.1, 0.15) is 77.6 Å². The third-order valence-corrected chi connectivity index (χ3v) is 2.97. The summed E-state index contributed by atoms with van der Waals surface area (Å²) in [5, 5.41) is 0. The fourth-order valence-electron chi connectivity index (χ4n) is 1.86. The molecule has 0 aromatic heterocycles. The highest BCUT2D eigenvalue weighted by Crippen LogP contribution is 2.07. The monoisotopic (exact) mass is 235 g/mol. The van der Waals surface area contributed by atoms with Gasteiger partial charge in [0, 0.05) is 0 Å². The molecule has 0 saturated carbocycles. The topological polar surface area (TPSA) is 0 Å². The molecule has 0 bridgehead atoms. The maximum Gasteiger partial charge on any atom is -0.0351 e. The lowest BCUT2D eigenvalue weighted by Gasteiger charge is -1.97. The molecule has 0 aliphatic heterocycles. The molecule has 0 fully saturated rings. The van der Waals surface area contributed by atoms with Gasteiger partial charge in [0.25, 0.3) is 0 Å². The molecule has 0 heterocycles. The predicted octanol–water partition coefficient (Wildman–Crippen LogP) is 6.24. The van der Waals surface area contributed by atoms with E-state index in [0.29, 0.717) is 0 Å². The molecule has 99 valence electrons. The van der Waals surface area contributed by atoms with E-state index in [9.17, 15) is 0 Å². The average molecular weight is 235 g/mol. The van der Waals surface area contributed by atoms with E-state index in [2.05, 4.69) is 38.2 Å². The Balaban J connectivity index is 3.05. The molecular formula is C17H31. The van der Waals surface area contributed by atoms with Gasteiger partial charge >= 0.3 is 0 Å². The summed E-state index contributed by atoms with van der Waals surface area (Å²) in [7, 11) is 0. The van der Waals surface area contributed by atoms with Crippen molar-refractivity contribution in [2.75, 3.05) is 0 Å². The van der Waals surface area contributed by atoms with E-state index in [1.54, 1.807) is 0 Å². The largest absolute Gasteiger partial charge is 0.0885 e. The number of rotatable bonds is 12. The second-order valence-corrected chi connectivity index (χ2v) is 4.72. The molecule has 1 radical (unpaired) electrons. The number of allylic oxidation sites excluding steroid dienone is 4. The fraction of sp³-hybridized carbons (Fsp3) is 0.706. The molecule has 0 rings (SSSR count). The lowest BCUT2D eigenvalue weighted by Crippen LogP contribution is -1.77. The molecule has 0 nitrogen and oxygen atoms in total. The normalized spacial score (nSPS) is 11.9. The van der Waals surface area contributed by atoms with Gasteiger partial charge in [-0.15, -0.1) is 0 Å². The van der Waals surface area contributed by atoms with Crippen LogP contribution in [0.4, 0.5) is 0 Å². The summed E-state index contributed by atoms with van der Waals surface area (Å²) in [5.41, 5.74) is 0. The first-order chi connectivity index (χ1) is 8.41. The Morgan fingerprint density at radius 2 is 1.12 bits per heavy atom. The Morgan fingerprint density at radius 1 is 0.647 bits per heavy atom. The van der Waals surface area contributed by atoms with Crippen molar-refractivity contribution in [3.8, 4) is 0 Å². The molecule has 0 aromatic carbocycles. The van der Waals surface area contributed by atoms with E-state index in [-0.39, 0.29) is 0 Å². The van der Waals surface area contributed by atoms with Crippen LogP contribution in [-0.4, -0.2) is 0 Å². The van der Waals surface area contributed by atoms with Crippen LogP contribution in [0.5, 0.6) is 0 Å². The van der Waals surface area contributed by atoms with Gasteiger partial charge in [-0.1, -0.05) is 56.9 Å². The molecule has 0 aromatic rings. The Labute approximate surface area is 109 Å². The molecule has 0 heteroatoms. The zero-order valence-electron chi connectivity index (χ0n) is 11.8. The van der Waals surface area contributed by atoms with E-state index < -0.39 is 0 Å². The zero-order chi connectivity index (χ0) is 12.6. The van der Waals surface area contributed by atoms with Gasteiger partial charge in [0.15, 0.2) is 0 Å². The molecule has 0 amide bonds. The van der Waals surface area contributed by atoms with Crippen molar-refractivity contribution < 1.29 is 0 Å². The third-order valence-electron chi connectivity index (χ3n) is 2.97.